The van der Waals surface area contributed by atoms with Gasteiger partial charge in [0.15, 0.2) is 0 Å². The molecule has 0 aromatic carbocycles. The highest BCUT2D eigenvalue weighted by Crippen LogP contribution is 2.47. The third kappa shape index (κ3) is 2.78. The fourth-order valence-corrected chi connectivity index (χ4v) is 4.18. The zero-order valence-corrected chi connectivity index (χ0v) is 14.1. The molecule has 0 amide bonds. The van der Waals surface area contributed by atoms with Gasteiger partial charge in [0.05, 0.1) is 0 Å². The average molecular weight is 376 g/mol. The molecule has 104 valence electrons. The third-order valence-electron chi connectivity index (χ3n) is 4.70. The maximum atomic E-state index is 2.50. The zero-order chi connectivity index (χ0) is 14.0. The smallest absolute Gasteiger partial charge is 0.0106 e. The Kier molecular flexibility index (Phi) is 4.16. The van der Waals surface area contributed by atoms with E-state index in [0.717, 1.165) is 6.42 Å². The van der Waals surface area contributed by atoms with Crippen LogP contribution in [0.5, 0.6) is 0 Å². The van der Waals surface area contributed by atoms with Gasteiger partial charge in [-0.25, -0.2) is 0 Å². The van der Waals surface area contributed by atoms with E-state index in [4.69, 9.17) is 0 Å². The standard InChI is InChI=1S/C19H21I/c1-19(12-6-3-7-13-19)18-11-10-16(20)14-17(18)15-8-4-2-5-9-15/h2-8,10-12,15,17H,9,13-14H2,1H3/t15?,17?,19-/m1/s1. The van der Waals surface area contributed by atoms with E-state index in [2.05, 4.69) is 90.3 Å². The Morgan fingerprint density at radius 1 is 1.10 bits per heavy atom. The van der Waals surface area contributed by atoms with Crippen LogP contribution in [-0.2, 0) is 0 Å². The van der Waals surface area contributed by atoms with Crippen LogP contribution in [0.4, 0.5) is 0 Å². The topological polar surface area (TPSA) is 0 Å². The second-order valence-electron chi connectivity index (χ2n) is 6.17. The predicted octanol–water partition coefficient (Wildman–Crippen LogP) is 5.91. The van der Waals surface area contributed by atoms with Crippen LogP contribution in [0.25, 0.3) is 0 Å². The summed E-state index contributed by atoms with van der Waals surface area (Å²) in [5.41, 5.74) is 1.81. The van der Waals surface area contributed by atoms with Crippen molar-refractivity contribution in [3.05, 3.63) is 69.9 Å². The van der Waals surface area contributed by atoms with Crippen molar-refractivity contribution in [3.63, 3.8) is 0 Å². The van der Waals surface area contributed by atoms with Crippen LogP contribution in [0.3, 0.4) is 0 Å². The molecule has 1 heteroatoms. The van der Waals surface area contributed by atoms with Crippen molar-refractivity contribution in [3.8, 4) is 0 Å². The monoisotopic (exact) mass is 376 g/mol. The van der Waals surface area contributed by atoms with Crippen molar-refractivity contribution in [2.75, 3.05) is 0 Å². The first kappa shape index (κ1) is 14.1. The Balaban J connectivity index is 1.92. The number of allylic oxidation sites excluding steroid dienone is 12. The first-order chi connectivity index (χ1) is 9.69. The lowest BCUT2D eigenvalue weighted by atomic mass is 9.65. The molecule has 0 heterocycles. The van der Waals surface area contributed by atoms with Crippen molar-refractivity contribution < 1.29 is 0 Å². The maximum absolute atomic E-state index is 2.50. The van der Waals surface area contributed by atoms with Crippen LogP contribution in [-0.4, -0.2) is 0 Å². The highest BCUT2D eigenvalue weighted by molar-refractivity contribution is 14.1. The zero-order valence-electron chi connectivity index (χ0n) is 11.9. The van der Waals surface area contributed by atoms with E-state index in [1.807, 2.05) is 0 Å². The summed E-state index contributed by atoms with van der Waals surface area (Å²) in [7, 11) is 0. The number of hydrogen-bond acceptors (Lipinski definition) is 0. The fourth-order valence-electron chi connectivity index (χ4n) is 3.53. The van der Waals surface area contributed by atoms with E-state index in [-0.39, 0.29) is 5.41 Å². The lowest BCUT2D eigenvalue weighted by Crippen LogP contribution is -2.29. The van der Waals surface area contributed by atoms with Gasteiger partial charge in [-0.1, -0.05) is 73.3 Å². The molecule has 0 N–H and O–H groups in total. The van der Waals surface area contributed by atoms with E-state index in [0.29, 0.717) is 11.8 Å². The van der Waals surface area contributed by atoms with Crippen LogP contribution in [0.1, 0.15) is 26.2 Å². The Morgan fingerprint density at radius 2 is 1.95 bits per heavy atom. The molecule has 20 heavy (non-hydrogen) atoms. The van der Waals surface area contributed by atoms with Crippen molar-refractivity contribution >= 4 is 22.6 Å². The first-order valence-electron chi connectivity index (χ1n) is 7.43. The normalized spacial score (nSPS) is 35.9. The minimum absolute atomic E-state index is 0.197. The van der Waals surface area contributed by atoms with E-state index in [1.165, 1.54) is 16.4 Å². The third-order valence-corrected chi connectivity index (χ3v) is 5.50. The van der Waals surface area contributed by atoms with Gasteiger partial charge in [-0.15, -0.1) is 0 Å². The molecule has 0 saturated carbocycles. The second-order valence-corrected chi connectivity index (χ2v) is 7.55. The van der Waals surface area contributed by atoms with Crippen molar-refractivity contribution in [1.29, 1.82) is 0 Å². The van der Waals surface area contributed by atoms with Crippen LogP contribution in [0, 0.1) is 17.3 Å². The van der Waals surface area contributed by atoms with Crippen LogP contribution < -0.4 is 0 Å². The van der Waals surface area contributed by atoms with Gasteiger partial charge in [0.25, 0.3) is 0 Å². The molecule has 0 nitrogen and oxygen atoms in total. The van der Waals surface area contributed by atoms with Gasteiger partial charge in [-0.2, -0.15) is 0 Å². The molecule has 3 atom stereocenters. The molecule has 3 aliphatic carbocycles. The van der Waals surface area contributed by atoms with E-state index >= 15 is 0 Å². The SMILES string of the molecule is C[C@@]1(C2=CC=C(I)CC2C2C=CC=CC2)C=CC=CC1. The summed E-state index contributed by atoms with van der Waals surface area (Å²) in [6.07, 6.45) is 26.4. The molecule has 0 fully saturated rings. The molecule has 0 bridgehead atoms. The molecule has 2 unspecified atom stereocenters. The van der Waals surface area contributed by atoms with Crippen LogP contribution in [0.2, 0.25) is 0 Å². The highest BCUT2D eigenvalue weighted by atomic mass is 127. The summed E-state index contributed by atoms with van der Waals surface area (Å²) in [5, 5.41) is 0. The number of hydrogen-bond donors (Lipinski definition) is 0. The lowest BCUT2D eigenvalue weighted by Gasteiger charge is -2.39. The maximum Gasteiger partial charge on any atom is 0.0106 e. The molecule has 3 rings (SSSR count). The van der Waals surface area contributed by atoms with Gasteiger partial charge in [0.2, 0.25) is 0 Å². The van der Waals surface area contributed by atoms with Gasteiger partial charge in [-0.05, 0) is 57.3 Å². The molecule has 0 aromatic heterocycles. The number of rotatable bonds is 2. The summed E-state index contributed by atoms with van der Waals surface area (Å²) in [5.74, 6) is 1.30. The van der Waals surface area contributed by atoms with Gasteiger partial charge >= 0.3 is 0 Å². The van der Waals surface area contributed by atoms with E-state index in [9.17, 15) is 0 Å². The quantitative estimate of drug-likeness (QED) is 0.526. The van der Waals surface area contributed by atoms with E-state index in [1.54, 1.807) is 5.57 Å². The Labute approximate surface area is 135 Å². The molecular weight excluding hydrogens is 355 g/mol. The second kappa shape index (κ2) is 5.88. The minimum Gasteiger partial charge on any atom is -0.0839 e. The van der Waals surface area contributed by atoms with Gasteiger partial charge < -0.3 is 0 Å². The molecule has 3 aliphatic rings. The fraction of sp³-hybridized carbons (Fsp3) is 0.368. The van der Waals surface area contributed by atoms with Gasteiger partial charge in [0, 0.05) is 5.41 Å². The van der Waals surface area contributed by atoms with Crippen LogP contribution in [0.15, 0.2) is 69.9 Å². The highest BCUT2D eigenvalue weighted by Gasteiger charge is 2.35. The number of halogens is 1. The first-order valence-corrected chi connectivity index (χ1v) is 8.51. The summed E-state index contributed by atoms with van der Waals surface area (Å²) in [4.78, 5) is 0. The molecular formula is C19H21I. The molecule has 0 aromatic rings. The van der Waals surface area contributed by atoms with Crippen LogP contribution >= 0.6 is 22.6 Å². The molecule has 0 saturated heterocycles. The summed E-state index contributed by atoms with van der Waals surface area (Å²) >= 11 is 2.50. The molecule has 0 spiro atoms. The predicted molar refractivity (Wildman–Crippen MR) is 95.7 cm³/mol. The van der Waals surface area contributed by atoms with Crippen molar-refractivity contribution in [2.45, 2.75) is 26.2 Å². The summed E-state index contributed by atoms with van der Waals surface area (Å²) in [6.45, 7) is 2.39. The molecule has 0 aliphatic heterocycles. The van der Waals surface area contributed by atoms with Gasteiger partial charge in [-0.3, -0.25) is 0 Å². The average Bonchev–Trinajstić information content (AvgIpc) is 2.48. The minimum atomic E-state index is 0.197. The van der Waals surface area contributed by atoms with E-state index < -0.39 is 0 Å². The van der Waals surface area contributed by atoms with Gasteiger partial charge in [0.1, 0.15) is 0 Å². The summed E-state index contributed by atoms with van der Waals surface area (Å²) < 4.78 is 1.48. The molecule has 0 radical (unpaired) electrons. The largest absolute Gasteiger partial charge is 0.0839 e. The Bertz CT molecular complexity index is 556. The van der Waals surface area contributed by atoms with Crippen molar-refractivity contribution in [1.82, 2.24) is 0 Å². The lowest BCUT2D eigenvalue weighted by molar-refractivity contribution is 0.365. The van der Waals surface area contributed by atoms with Crippen molar-refractivity contribution in [2.24, 2.45) is 17.3 Å². The Morgan fingerprint density at radius 3 is 2.65 bits per heavy atom. The summed E-state index contributed by atoms with van der Waals surface area (Å²) in [6, 6.07) is 0. The Hall–Kier alpha value is -0.830.